The number of nitrogens with zero attached hydrogens (tertiary/aromatic N) is 1. The van der Waals surface area contributed by atoms with Crippen molar-refractivity contribution in [2.75, 3.05) is 20.6 Å². The lowest BCUT2D eigenvalue weighted by Gasteiger charge is -2.15. The second-order valence-electron chi connectivity index (χ2n) is 5.21. The van der Waals surface area contributed by atoms with E-state index in [1.165, 1.54) is 37.7 Å². The minimum absolute atomic E-state index is 0. The predicted molar refractivity (Wildman–Crippen MR) is 82.2 cm³/mol. The average Bonchev–Trinajstić information content (AvgIpc) is 2.84. The summed E-state index contributed by atoms with van der Waals surface area (Å²) < 4.78 is 0. The number of hydrogen-bond acceptors (Lipinski definition) is 1. The third-order valence-corrected chi connectivity index (χ3v) is 3.57. The van der Waals surface area contributed by atoms with Gasteiger partial charge in [0.1, 0.15) is 0 Å². The van der Waals surface area contributed by atoms with Crippen LogP contribution in [0.5, 0.6) is 0 Å². The zero-order valence-corrected chi connectivity index (χ0v) is 12.3. The maximum Gasteiger partial charge on any atom is 0.00159 e. The summed E-state index contributed by atoms with van der Waals surface area (Å²) in [7, 11) is 4.31. The zero-order chi connectivity index (χ0) is 12.1. The first-order chi connectivity index (χ1) is 8.27. The van der Waals surface area contributed by atoms with E-state index in [1.54, 1.807) is 11.1 Å². The zero-order valence-electron chi connectivity index (χ0n) is 11.5. The second kappa shape index (κ2) is 7.60. The molecule has 0 aliphatic heterocycles. The molecule has 18 heavy (non-hydrogen) atoms. The first-order valence-corrected chi connectivity index (χ1v) is 6.68. The summed E-state index contributed by atoms with van der Waals surface area (Å²) in [6.45, 7) is 1.15. The van der Waals surface area contributed by atoms with E-state index in [-0.39, 0.29) is 12.4 Å². The van der Waals surface area contributed by atoms with Crippen molar-refractivity contribution in [3.05, 3.63) is 41.5 Å². The molecule has 0 saturated heterocycles. The van der Waals surface area contributed by atoms with E-state index < -0.39 is 0 Å². The Bertz CT molecular complexity index is 373. The highest BCUT2D eigenvalue weighted by molar-refractivity contribution is 5.85. The van der Waals surface area contributed by atoms with Gasteiger partial charge in [0, 0.05) is 6.54 Å². The number of benzene rings is 1. The van der Waals surface area contributed by atoms with Crippen LogP contribution >= 0.6 is 12.4 Å². The highest BCUT2D eigenvalue weighted by Crippen LogP contribution is 2.33. The summed E-state index contributed by atoms with van der Waals surface area (Å²) in [6.07, 6.45) is 6.59. The molecule has 1 aromatic carbocycles. The van der Waals surface area contributed by atoms with Gasteiger partial charge in [0.05, 0.1) is 0 Å². The molecule has 0 atom stereocenters. The Balaban J connectivity index is 0.00000162. The van der Waals surface area contributed by atoms with E-state index >= 15 is 0 Å². The summed E-state index contributed by atoms with van der Waals surface area (Å²) in [5.74, 6) is 0. The molecule has 1 nitrogen and oxygen atoms in total. The van der Waals surface area contributed by atoms with E-state index in [0.717, 1.165) is 6.54 Å². The van der Waals surface area contributed by atoms with E-state index in [0.29, 0.717) is 0 Å². The Morgan fingerprint density at radius 2 is 1.67 bits per heavy atom. The maximum absolute atomic E-state index is 2.28. The highest BCUT2D eigenvalue weighted by atomic mass is 35.5. The number of halogens is 1. The van der Waals surface area contributed by atoms with Crippen molar-refractivity contribution in [3.63, 3.8) is 0 Å². The van der Waals surface area contributed by atoms with Crippen molar-refractivity contribution in [1.29, 1.82) is 0 Å². The van der Waals surface area contributed by atoms with Crippen LogP contribution in [0.15, 0.2) is 35.9 Å². The average molecular weight is 266 g/mol. The summed E-state index contributed by atoms with van der Waals surface area (Å²) in [4.78, 5) is 2.28. The largest absolute Gasteiger partial charge is 0.309 e. The molecule has 1 saturated carbocycles. The summed E-state index contributed by atoms with van der Waals surface area (Å²) >= 11 is 0. The molecule has 0 radical (unpaired) electrons. The van der Waals surface area contributed by atoms with Gasteiger partial charge in [-0.3, -0.25) is 0 Å². The molecule has 2 rings (SSSR count). The third kappa shape index (κ3) is 4.15. The van der Waals surface area contributed by atoms with Crippen LogP contribution in [0, 0.1) is 0 Å². The van der Waals surface area contributed by atoms with Crippen molar-refractivity contribution in [2.24, 2.45) is 0 Å². The topological polar surface area (TPSA) is 3.24 Å². The first-order valence-electron chi connectivity index (χ1n) is 6.68. The van der Waals surface area contributed by atoms with Gasteiger partial charge in [0.25, 0.3) is 0 Å². The normalized spacial score (nSPS) is 14.7. The molecule has 0 amide bonds. The molecule has 1 aromatic rings. The van der Waals surface area contributed by atoms with E-state index in [9.17, 15) is 0 Å². The molecule has 0 unspecified atom stereocenters. The van der Waals surface area contributed by atoms with Gasteiger partial charge in [0.2, 0.25) is 0 Å². The Hall–Kier alpha value is -0.790. The second-order valence-corrected chi connectivity index (χ2v) is 5.21. The Kier molecular flexibility index (Phi) is 6.45. The van der Waals surface area contributed by atoms with Gasteiger partial charge in [-0.1, -0.05) is 35.9 Å². The Morgan fingerprint density at radius 3 is 2.22 bits per heavy atom. The lowest BCUT2D eigenvalue weighted by Crippen LogP contribution is -2.13. The molecule has 1 aliphatic carbocycles. The quantitative estimate of drug-likeness (QED) is 0.781. The predicted octanol–water partition coefficient (Wildman–Crippen LogP) is 4.39. The molecular formula is C16H24ClN. The lowest BCUT2D eigenvalue weighted by molar-refractivity contribution is 0.419. The molecule has 0 heterocycles. The highest BCUT2D eigenvalue weighted by Gasteiger charge is 2.13. The van der Waals surface area contributed by atoms with Gasteiger partial charge in [-0.05, 0) is 57.3 Å². The SMILES string of the molecule is CN(C)CCC(=C1CCCC1)c1ccccc1.Cl. The van der Waals surface area contributed by atoms with Crippen LogP contribution in [-0.4, -0.2) is 25.5 Å². The van der Waals surface area contributed by atoms with E-state index in [1.807, 2.05) is 0 Å². The minimum Gasteiger partial charge on any atom is -0.309 e. The lowest BCUT2D eigenvalue weighted by atomic mass is 9.96. The molecule has 1 fully saturated rings. The summed E-state index contributed by atoms with van der Waals surface area (Å²) in [6, 6.07) is 10.9. The smallest absolute Gasteiger partial charge is 0.00159 e. The van der Waals surface area contributed by atoms with Crippen molar-refractivity contribution in [3.8, 4) is 0 Å². The fourth-order valence-electron chi connectivity index (χ4n) is 2.60. The molecule has 0 spiro atoms. The molecule has 0 bridgehead atoms. The van der Waals surface area contributed by atoms with Crippen LogP contribution in [0.4, 0.5) is 0 Å². The van der Waals surface area contributed by atoms with E-state index in [2.05, 4.69) is 49.3 Å². The summed E-state index contributed by atoms with van der Waals surface area (Å²) in [5, 5.41) is 0. The van der Waals surface area contributed by atoms with Gasteiger partial charge in [-0.2, -0.15) is 0 Å². The summed E-state index contributed by atoms with van der Waals surface area (Å²) in [5.41, 5.74) is 4.75. The Labute approximate surface area is 117 Å². The van der Waals surface area contributed by atoms with Gasteiger partial charge in [-0.25, -0.2) is 0 Å². The van der Waals surface area contributed by atoms with Gasteiger partial charge in [-0.15, -0.1) is 12.4 Å². The number of allylic oxidation sites excluding steroid dienone is 1. The van der Waals surface area contributed by atoms with Crippen molar-refractivity contribution in [1.82, 2.24) is 4.90 Å². The van der Waals surface area contributed by atoms with Crippen molar-refractivity contribution in [2.45, 2.75) is 32.1 Å². The van der Waals surface area contributed by atoms with Gasteiger partial charge < -0.3 is 4.90 Å². The maximum atomic E-state index is 2.28. The van der Waals surface area contributed by atoms with Crippen molar-refractivity contribution < 1.29 is 0 Å². The fourth-order valence-corrected chi connectivity index (χ4v) is 2.60. The van der Waals surface area contributed by atoms with Crippen LogP contribution in [0.1, 0.15) is 37.7 Å². The number of hydrogen-bond donors (Lipinski definition) is 0. The molecular weight excluding hydrogens is 242 g/mol. The molecule has 2 heteroatoms. The molecule has 100 valence electrons. The fraction of sp³-hybridized carbons (Fsp3) is 0.500. The van der Waals surface area contributed by atoms with Crippen LogP contribution in [0.2, 0.25) is 0 Å². The van der Waals surface area contributed by atoms with E-state index in [4.69, 9.17) is 0 Å². The molecule has 0 N–H and O–H groups in total. The third-order valence-electron chi connectivity index (χ3n) is 3.57. The molecule has 0 aromatic heterocycles. The first kappa shape index (κ1) is 15.3. The number of rotatable bonds is 4. The monoisotopic (exact) mass is 265 g/mol. The van der Waals surface area contributed by atoms with Crippen LogP contribution in [-0.2, 0) is 0 Å². The minimum atomic E-state index is 0. The standard InChI is InChI=1S/C16H23N.ClH/c1-17(2)13-12-16(15-10-6-7-11-15)14-8-4-3-5-9-14;/h3-5,8-9H,6-7,10-13H2,1-2H3;1H. The van der Waals surface area contributed by atoms with Crippen LogP contribution < -0.4 is 0 Å². The van der Waals surface area contributed by atoms with Crippen LogP contribution in [0.25, 0.3) is 5.57 Å². The Morgan fingerprint density at radius 1 is 1.06 bits per heavy atom. The van der Waals surface area contributed by atoms with Gasteiger partial charge in [0.15, 0.2) is 0 Å². The van der Waals surface area contributed by atoms with Crippen LogP contribution in [0.3, 0.4) is 0 Å². The van der Waals surface area contributed by atoms with Gasteiger partial charge >= 0.3 is 0 Å². The van der Waals surface area contributed by atoms with Crippen molar-refractivity contribution >= 4 is 18.0 Å². The molecule has 1 aliphatic rings.